The van der Waals surface area contributed by atoms with Gasteiger partial charge < -0.3 is 9.53 Å². The fourth-order valence-corrected chi connectivity index (χ4v) is 8.94. The van der Waals surface area contributed by atoms with Crippen LogP contribution in [0, 0.1) is 0 Å². The third kappa shape index (κ3) is 7.66. The molecule has 2 aromatic carbocycles. The second-order valence-corrected chi connectivity index (χ2v) is 14.9. The van der Waals surface area contributed by atoms with Crippen molar-refractivity contribution >= 4 is 18.7 Å². The van der Waals surface area contributed by atoms with Crippen LogP contribution in [-0.4, -0.2) is 26.1 Å². The van der Waals surface area contributed by atoms with Crippen molar-refractivity contribution in [2.24, 2.45) is 0 Å². The van der Waals surface area contributed by atoms with E-state index in [4.69, 9.17) is 4.43 Å². The number of rotatable bonds is 12. The average Bonchev–Trinajstić information content (AvgIpc) is 2.80. The predicted molar refractivity (Wildman–Crippen MR) is 150 cm³/mol. The maximum atomic E-state index is 10.5. The highest BCUT2D eigenvalue weighted by Crippen LogP contribution is 2.36. The molecule has 0 saturated heterocycles. The summed E-state index contributed by atoms with van der Waals surface area (Å²) in [5, 5.41) is 13.1. The maximum absolute atomic E-state index is 10.5. The van der Waals surface area contributed by atoms with Gasteiger partial charge in [-0.2, -0.15) is 0 Å². The molecule has 0 amide bonds. The summed E-state index contributed by atoms with van der Waals surface area (Å²) in [6.07, 6.45) is 7.27. The van der Waals surface area contributed by atoms with Crippen molar-refractivity contribution in [1.82, 2.24) is 0 Å². The first kappa shape index (κ1) is 28.0. The van der Waals surface area contributed by atoms with E-state index < -0.39 is 14.4 Å². The number of aliphatic hydroxyl groups excluding tert-OH is 1. The van der Waals surface area contributed by atoms with Crippen LogP contribution in [0.5, 0.6) is 0 Å². The van der Waals surface area contributed by atoms with E-state index >= 15 is 0 Å². The smallest absolute Gasteiger partial charge is 0.261 e. The lowest BCUT2D eigenvalue weighted by Gasteiger charge is -2.42. The van der Waals surface area contributed by atoms with Gasteiger partial charge in [0.15, 0.2) is 0 Å². The van der Waals surface area contributed by atoms with E-state index in [0.717, 1.165) is 24.8 Å². The Morgan fingerprint density at radius 3 is 1.91 bits per heavy atom. The molecular formula is C31H44O2Si. The van der Waals surface area contributed by atoms with Crippen LogP contribution in [0.2, 0.25) is 5.04 Å². The molecule has 0 aliphatic carbocycles. The number of aliphatic hydroxyl groups is 1. The zero-order valence-corrected chi connectivity index (χ0v) is 23.1. The first-order valence-electron chi connectivity index (χ1n) is 12.5. The van der Waals surface area contributed by atoms with Gasteiger partial charge in [0.1, 0.15) is 0 Å². The highest BCUT2D eigenvalue weighted by atomic mass is 28.4. The molecule has 0 bridgehead atoms. The molecule has 1 unspecified atom stereocenters. The predicted octanol–water partition coefficient (Wildman–Crippen LogP) is 6.95. The maximum Gasteiger partial charge on any atom is 0.261 e. The monoisotopic (exact) mass is 476 g/mol. The largest absolute Gasteiger partial charge is 0.404 e. The molecular weight excluding hydrogens is 432 g/mol. The van der Waals surface area contributed by atoms with Gasteiger partial charge >= 0.3 is 0 Å². The van der Waals surface area contributed by atoms with E-state index in [1.54, 1.807) is 0 Å². The van der Waals surface area contributed by atoms with Gasteiger partial charge in [0.2, 0.25) is 0 Å². The SMILES string of the molecule is C=C(CCC=C(C)C)C(O)CC/C(C)=C/CO[Si](c1ccccc1)(c1ccccc1)C(C)(C)C. The van der Waals surface area contributed by atoms with E-state index in [0.29, 0.717) is 13.0 Å². The van der Waals surface area contributed by atoms with E-state index in [1.165, 1.54) is 21.5 Å². The average molecular weight is 477 g/mol. The number of benzene rings is 2. The van der Waals surface area contributed by atoms with Crippen LogP contribution in [-0.2, 0) is 4.43 Å². The highest BCUT2D eigenvalue weighted by molar-refractivity contribution is 6.99. The Morgan fingerprint density at radius 2 is 1.44 bits per heavy atom. The second-order valence-electron chi connectivity index (χ2n) is 10.6. The molecule has 0 heterocycles. The summed E-state index contributed by atoms with van der Waals surface area (Å²) in [4.78, 5) is 0. The van der Waals surface area contributed by atoms with E-state index in [9.17, 15) is 5.11 Å². The summed E-state index contributed by atoms with van der Waals surface area (Å²) < 4.78 is 6.94. The number of hydrogen-bond acceptors (Lipinski definition) is 2. The van der Waals surface area contributed by atoms with Gasteiger partial charge in [0.25, 0.3) is 8.32 Å². The van der Waals surface area contributed by atoms with Crippen LogP contribution in [0.1, 0.15) is 67.2 Å². The molecule has 0 aliphatic heterocycles. The Hall–Kier alpha value is -2.20. The third-order valence-corrected chi connectivity index (χ3v) is 11.5. The Bertz CT molecular complexity index is 908. The van der Waals surface area contributed by atoms with E-state index in [-0.39, 0.29) is 5.04 Å². The molecule has 0 saturated carbocycles. The van der Waals surface area contributed by atoms with Gasteiger partial charge in [0.05, 0.1) is 12.7 Å². The van der Waals surface area contributed by atoms with Gasteiger partial charge in [-0.05, 0) is 67.4 Å². The Kier molecular flexibility index (Phi) is 10.8. The molecule has 34 heavy (non-hydrogen) atoms. The minimum absolute atomic E-state index is 0.0311. The van der Waals surface area contributed by atoms with Gasteiger partial charge in [-0.3, -0.25) is 0 Å². The van der Waals surface area contributed by atoms with Crippen molar-refractivity contribution in [3.8, 4) is 0 Å². The summed E-state index contributed by atoms with van der Waals surface area (Å²) in [6.45, 7) is 17.9. The highest BCUT2D eigenvalue weighted by Gasteiger charge is 2.49. The first-order chi connectivity index (χ1) is 16.1. The lowest BCUT2D eigenvalue weighted by atomic mass is 9.99. The molecule has 2 nitrogen and oxygen atoms in total. The summed E-state index contributed by atoms with van der Waals surface area (Å²) in [5.41, 5.74) is 3.48. The minimum atomic E-state index is -2.52. The zero-order chi connectivity index (χ0) is 25.2. The van der Waals surface area contributed by atoms with Crippen LogP contribution < -0.4 is 10.4 Å². The third-order valence-electron chi connectivity index (χ3n) is 6.45. The molecule has 184 valence electrons. The van der Waals surface area contributed by atoms with Gasteiger partial charge in [0, 0.05) is 0 Å². The summed E-state index contributed by atoms with van der Waals surface area (Å²) in [5.74, 6) is 0. The molecule has 0 aromatic heterocycles. The lowest BCUT2D eigenvalue weighted by Crippen LogP contribution is -2.66. The normalized spacial score (nSPS) is 13.4. The van der Waals surface area contributed by atoms with Crippen LogP contribution in [0.15, 0.2) is 96.1 Å². The summed E-state index contributed by atoms with van der Waals surface area (Å²) >= 11 is 0. The first-order valence-corrected chi connectivity index (χ1v) is 14.4. The number of hydrogen-bond donors (Lipinski definition) is 1. The second kappa shape index (κ2) is 13.0. The minimum Gasteiger partial charge on any atom is -0.404 e. The Labute approximate surface area is 209 Å². The van der Waals surface area contributed by atoms with Gasteiger partial charge in [-0.25, -0.2) is 0 Å². The molecule has 1 atom stereocenters. The van der Waals surface area contributed by atoms with Crippen molar-refractivity contribution < 1.29 is 9.53 Å². The summed E-state index contributed by atoms with van der Waals surface area (Å²) in [7, 11) is -2.52. The Morgan fingerprint density at radius 1 is 0.912 bits per heavy atom. The van der Waals surface area contributed by atoms with Crippen molar-refractivity contribution in [1.29, 1.82) is 0 Å². The lowest BCUT2D eigenvalue weighted by molar-refractivity contribution is 0.197. The molecule has 0 aliphatic rings. The molecule has 0 fully saturated rings. The van der Waals surface area contributed by atoms with Crippen molar-refractivity contribution in [3.63, 3.8) is 0 Å². The van der Waals surface area contributed by atoms with Crippen LogP contribution in [0.4, 0.5) is 0 Å². The fourth-order valence-electron chi connectivity index (χ4n) is 4.45. The van der Waals surface area contributed by atoms with E-state index in [2.05, 4.69) is 121 Å². The van der Waals surface area contributed by atoms with Gasteiger partial charge in [-0.15, -0.1) is 0 Å². The van der Waals surface area contributed by atoms with Crippen molar-refractivity contribution in [3.05, 3.63) is 96.1 Å². The fraction of sp³-hybridized carbons (Fsp3) is 0.419. The zero-order valence-electron chi connectivity index (χ0n) is 22.1. The van der Waals surface area contributed by atoms with Gasteiger partial charge in [-0.1, -0.05) is 111 Å². The summed E-state index contributed by atoms with van der Waals surface area (Å²) in [6, 6.07) is 21.5. The van der Waals surface area contributed by atoms with Crippen LogP contribution >= 0.6 is 0 Å². The van der Waals surface area contributed by atoms with Crippen LogP contribution in [0.3, 0.4) is 0 Å². The molecule has 0 radical (unpaired) electrons. The van der Waals surface area contributed by atoms with Crippen molar-refractivity contribution in [2.45, 2.75) is 78.4 Å². The van der Waals surface area contributed by atoms with Crippen molar-refractivity contribution in [2.75, 3.05) is 6.61 Å². The molecule has 3 heteroatoms. The molecule has 0 spiro atoms. The Balaban J connectivity index is 2.12. The number of allylic oxidation sites excluding steroid dienone is 3. The quantitative estimate of drug-likeness (QED) is 0.265. The topological polar surface area (TPSA) is 29.5 Å². The van der Waals surface area contributed by atoms with E-state index in [1.807, 2.05) is 0 Å². The van der Waals surface area contributed by atoms with Crippen LogP contribution in [0.25, 0.3) is 0 Å². The molecule has 1 N–H and O–H groups in total. The molecule has 2 aromatic rings. The standard InChI is InChI=1S/C31H44O2Si/c1-25(2)15-14-16-27(4)30(32)22-21-26(3)23-24-33-34(31(5,6)7,28-17-10-8-11-18-28)29-19-12-9-13-20-29/h8-13,15,17-20,23,30,32H,4,14,16,21-22,24H2,1-3,5-7H3/b26-23+. The molecule has 2 rings (SSSR count).